The molecule has 2 aliphatic rings. The lowest BCUT2D eigenvalue weighted by Crippen LogP contribution is -2.29. The lowest BCUT2D eigenvalue weighted by molar-refractivity contribution is -0.143. The molecule has 0 atom stereocenters. The molecule has 0 bridgehead atoms. The molecule has 1 aliphatic heterocycles. The highest BCUT2D eigenvalue weighted by Crippen LogP contribution is 2.36. The lowest BCUT2D eigenvalue weighted by Gasteiger charge is -2.28. The van der Waals surface area contributed by atoms with Crippen molar-refractivity contribution in [3.8, 4) is 0 Å². The number of anilines is 1. The summed E-state index contributed by atoms with van der Waals surface area (Å²) in [7, 11) is 0. The van der Waals surface area contributed by atoms with E-state index in [9.17, 15) is 9.90 Å². The first kappa shape index (κ1) is 17.3. The number of hydrogen-bond donors (Lipinski definition) is 2. The molecular formula is C20H28N4O2. The minimum atomic E-state index is -0.672. The third-order valence-corrected chi connectivity index (χ3v) is 6.05. The van der Waals surface area contributed by atoms with E-state index in [0.29, 0.717) is 18.8 Å². The van der Waals surface area contributed by atoms with Gasteiger partial charge in [-0.05, 0) is 69.3 Å². The number of nitrogens with zero attached hydrogens (tertiary/aromatic N) is 3. The van der Waals surface area contributed by atoms with Gasteiger partial charge >= 0.3 is 5.97 Å². The molecule has 2 heterocycles. The van der Waals surface area contributed by atoms with Crippen molar-refractivity contribution in [3.05, 3.63) is 23.8 Å². The molecule has 1 saturated carbocycles. The van der Waals surface area contributed by atoms with Gasteiger partial charge in [-0.25, -0.2) is 4.98 Å². The quantitative estimate of drug-likeness (QED) is 0.877. The van der Waals surface area contributed by atoms with Gasteiger partial charge in [-0.1, -0.05) is 12.5 Å². The molecule has 3 N–H and O–H groups in total. The van der Waals surface area contributed by atoms with E-state index in [0.717, 1.165) is 30.4 Å². The van der Waals surface area contributed by atoms with Gasteiger partial charge in [0.05, 0.1) is 17.0 Å². The Morgan fingerprint density at radius 2 is 1.88 bits per heavy atom. The Morgan fingerprint density at radius 1 is 1.15 bits per heavy atom. The van der Waals surface area contributed by atoms with Crippen molar-refractivity contribution in [1.29, 1.82) is 0 Å². The van der Waals surface area contributed by atoms with Gasteiger partial charge in [0.15, 0.2) is 0 Å². The van der Waals surface area contributed by atoms with Crippen LogP contribution in [0.25, 0.3) is 11.0 Å². The number of carboxylic acid groups (broad SMARTS) is 1. The summed E-state index contributed by atoms with van der Waals surface area (Å²) in [6, 6.07) is 6.75. The summed E-state index contributed by atoms with van der Waals surface area (Å²) in [6.07, 6.45) is 7.06. The Bertz CT molecular complexity index is 786. The predicted octanol–water partition coefficient (Wildman–Crippen LogP) is 3.42. The van der Waals surface area contributed by atoms with Crippen LogP contribution in [0.4, 0.5) is 5.95 Å². The fraction of sp³-hybridized carbons (Fsp3) is 0.600. The summed E-state index contributed by atoms with van der Waals surface area (Å²) in [6.45, 7) is 3.34. The summed E-state index contributed by atoms with van der Waals surface area (Å²) < 4.78 is 2.12. The topological polar surface area (TPSA) is 84.4 Å². The first-order valence-corrected chi connectivity index (χ1v) is 9.83. The lowest BCUT2D eigenvalue weighted by atomic mass is 9.86. The predicted molar refractivity (Wildman–Crippen MR) is 102 cm³/mol. The molecule has 0 radical (unpaired) electrons. The maximum absolute atomic E-state index is 11.2. The summed E-state index contributed by atoms with van der Waals surface area (Å²) in [5, 5.41) is 9.20. The number of fused-ring (bicyclic) bond motifs is 1. The van der Waals surface area contributed by atoms with Crippen LogP contribution in [0.3, 0.4) is 0 Å². The molecule has 1 aromatic carbocycles. The van der Waals surface area contributed by atoms with Crippen LogP contribution < -0.4 is 5.73 Å². The Balaban J connectivity index is 1.53. The molecule has 0 amide bonds. The monoisotopic (exact) mass is 356 g/mol. The summed E-state index contributed by atoms with van der Waals surface area (Å²) in [5.41, 5.74) is 9.56. The third kappa shape index (κ3) is 3.43. The fourth-order valence-electron chi connectivity index (χ4n) is 4.60. The number of nitrogens with two attached hydrogens (primary N) is 1. The standard InChI is InChI=1S/C20H28N4O2/c21-20-22-17-12-14(13-23-10-2-1-3-11-23)4-9-18(17)24(20)16-7-5-15(6-8-16)19(25)26/h4,9,12,15-16H,1-3,5-8,10-11,13H2,(H2,21,22)(H,25,26). The number of imidazole rings is 1. The minimum Gasteiger partial charge on any atom is -0.481 e. The number of aromatic nitrogens is 2. The van der Waals surface area contributed by atoms with Crippen LogP contribution in [0.5, 0.6) is 0 Å². The van der Waals surface area contributed by atoms with Gasteiger partial charge in [0.1, 0.15) is 0 Å². The van der Waals surface area contributed by atoms with E-state index in [1.54, 1.807) is 0 Å². The van der Waals surface area contributed by atoms with Crippen LogP contribution in [-0.4, -0.2) is 38.6 Å². The number of aliphatic carboxylic acids is 1. The van der Waals surface area contributed by atoms with Crippen molar-refractivity contribution in [3.63, 3.8) is 0 Å². The average Bonchev–Trinajstić information content (AvgIpc) is 2.97. The second-order valence-electron chi connectivity index (χ2n) is 7.84. The van der Waals surface area contributed by atoms with Crippen molar-refractivity contribution >= 4 is 23.0 Å². The molecule has 140 valence electrons. The molecular weight excluding hydrogens is 328 g/mol. The second-order valence-corrected chi connectivity index (χ2v) is 7.84. The maximum Gasteiger partial charge on any atom is 0.306 e. The van der Waals surface area contributed by atoms with Crippen molar-refractivity contribution in [2.75, 3.05) is 18.8 Å². The highest BCUT2D eigenvalue weighted by Gasteiger charge is 2.28. The van der Waals surface area contributed by atoms with Gasteiger partial charge in [0.25, 0.3) is 0 Å². The number of hydrogen-bond acceptors (Lipinski definition) is 4. The largest absolute Gasteiger partial charge is 0.481 e. The second kappa shape index (κ2) is 7.27. The molecule has 26 heavy (non-hydrogen) atoms. The Hall–Kier alpha value is -2.08. The number of likely N-dealkylation sites (tertiary alicyclic amines) is 1. The number of carboxylic acids is 1. The maximum atomic E-state index is 11.2. The highest BCUT2D eigenvalue weighted by molar-refractivity contribution is 5.79. The zero-order chi connectivity index (χ0) is 18.1. The van der Waals surface area contributed by atoms with Crippen LogP contribution in [0, 0.1) is 5.92 Å². The number of rotatable bonds is 4. The normalized spacial score (nSPS) is 24.8. The van der Waals surface area contributed by atoms with E-state index in [-0.39, 0.29) is 12.0 Å². The van der Waals surface area contributed by atoms with Gasteiger partial charge in [0, 0.05) is 12.6 Å². The molecule has 1 aromatic heterocycles. The van der Waals surface area contributed by atoms with Gasteiger partial charge in [-0.2, -0.15) is 0 Å². The SMILES string of the molecule is Nc1nc2cc(CN3CCCCC3)ccc2n1C1CCC(C(=O)O)CC1. The van der Waals surface area contributed by atoms with Crippen molar-refractivity contribution in [1.82, 2.24) is 14.5 Å². The first-order chi connectivity index (χ1) is 12.6. The van der Waals surface area contributed by atoms with Gasteiger partial charge < -0.3 is 15.4 Å². The van der Waals surface area contributed by atoms with Gasteiger partial charge in [0.2, 0.25) is 5.95 Å². The molecule has 6 nitrogen and oxygen atoms in total. The summed E-state index contributed by atoms with van der Waals surface area (Å²) in [5.74, 6) is -0.332. The number of nitrogen functional groups attached to an aromatic ring is 1. The van der Waals surface area contributed by atoms with Crippen LogP contribution in [0.2, 0.25) is 0 Å². The van der Waals surface area contributed by atoms with E-state index < -0.39 is 5.97 Å². The summed E-state index contributed by atoms with van der Waals surface area (Å²) >= 11 is 0. The smallest absolute Gasteiger partial charge is 0.306 e. The van der Waals surface area contributed by atoms with E-state index in [4.69, 9.17) is 5.73 Å². The number of carbonyl (C=O) groups is 1. The molecule has 2 aromatic rings. The fourth-order valence-corrected chi connectivity index (χ4v) is 4.60. The zero-order valence-corrected chi connectivity index (χ0v) is 15.2. The van der Waals surface area contributed by atoms with Crippen molar-refractivity contribution in [2.45, 2.75) is 57.5 Å². The van der Waals surface area contributed by atoms with E-state index in [2.05, 4.69) is 32.7 Å². The van der Waals surface area contributed by atoms with E-state index >= 15 is 0 Å². The average molecular weight is 356 g/mol. The van der Waals surface area contributed by atoms with Crippen LogP contribution >= 0.6 is 0 Å². The molecule has 1 aliphatic carbocycles. The minimum absolute atomic E-state index is 0.210. The molecule has 2 fully saturated rings. The van der Waals surface area contributed by atoms with Gasteiger partial charge in [-0.3, -0.25) is 9.69 Å². The molecule has 0 unspecified atom stereocenters. The molecule has 6 heteroatoms. The number of benzene rings is 1. The van der Waals surface area contributed by atoms with E-state index in [1.807, 2.05) is 0 Å². The van der Waals surface area contributed by atoms with Crippen LogP contribution in [0.1, 0.15) is 56.6 Å². The van der Waals surface area contributed by atoms with Crippen LogP contribution in [0.15, 0.2) is 18.2 Å². The molecule has 1 saturated heterocycles. The molecule has 0 spiro atoms. The van der Waals surface area contributed by atoms with Crippen molar-refractivity contribution in [2.24, 2.45) is 5.92 Å². The third-order valence-electron chi connectivity index (χ3n) is 6.05. The zero-order valence-electron chi connectivity index (χ0n) is 15.2. The van der Waals surface area contributed by atoms with Crippen molar-refractivity contribution < 1.29 is 9.90 Å². The Labute approximate surface area is 154 Å². The summed E-state index contributed by atoms with van der Waals surface area (Å²) in [4.78, 5) is 18.3. The Morgan fingerprint density at radius 3 is 2.58 bits per heavy atom. The Kier molecular flexibility index (Phi) is 4.85. The number of piperidine rings is 1. The van der Waals surface area contributed by atoms with Gasteiger partial charge in [-0.15, -0.1) is 0 Å². The first-order valence-electron chi connectivity index (χ1n) is 9.83. The molecule has 4 rings (SSSR count). The van der Waals surface area contributed by atoms with Crippen LogP contribution in [-0.2, 0) is 11.3 Å². The van der Waals surface area contributed by atoms with E-state index in [1.165, 1.54) is 37.9 Å². The highest BCUT2D eigenvalue weighted by atomic mass is 16.4.